The van der Waals surface area contributed by atoms with E-state index >= 15 is 0 Å². The number of nitrogens with two attached hydrogens (primary N) is 1. The highest BCUT2D eigenvalue weighted by Gasteiger charge is 2.06. The van der Waals surface area contributed by atoms with Crippen LogP contribution in [0, 0.1) is 11.8 Å². The molecule has 0 fully saturated rings. The van der Waals surface area contributed by atoms with E-state index in [1.54, 1.807) is 7.11 Å². The molecule has 0 spiro atoms. The van der Waals surface area contributed by atoms with Crippen LogP contribution in [0.2, 0.25) is 0 Å². The summed E-state index contributed by atoms with van der Waals surface area (Å²) in [4.78, 5) is 2.35. The second-order valence-corrected chi connectivity index (χ2v) is 3.99. The van der Waals surface area contributed by atoms with Gasteiger partial charge < -0.3 is 10.5 Å². The minimum absolute atomic E-state index is 0.386. The van der Waals surface area contributed by atoms with Crippen molar-refractivity contribution in [2.45, 2.75) is 20.4 Å². The van der Waals surface area contributed by atoms with Crippen molar-refractivity contribution in [1.29, 1.82) is 0 Å². The molecule has 0 heterocycles. The lowest BCUT2D eigenvalue weighted by Crippen LogP contribution is -2.22. The quantitative estimate of drug-likeness (QED) is 0.806. The Balaban J connectivity index is 3.02. The summed E-state index contributed by atoms with van der Waals surface area (Å²) in [7, 11) is 1.68. The Hall–Kier alpha value is -1.50. The van der Waals surface area contributed by atoms with Crippen LogP contribution in [-0.4, -0.2) is 31.6 Å². The van der Waals surface area contributed by atoms with Gasteiger partial charge in [0.1, 0.15) is 5.75 Å². The summed E-state index contributed by atoms with van der Waals surface area (Å²) < 4.78 is 5.27. The van der Waals surface area contributed by atoms with E-state index in [9.17, 15) is 0 Å². The van der Waals surface area contributed by atoms with Crippen LogP contribution in [0.4, 0.5) is 0 Å². The second kappa shape index (κ2) is 7.75. The standard InChI is InChI=1S/C15H22N2O/c1-4-17(5-2)12-14-11-15(18-3)9-8-13(14)7-6-10-16/h8-9,11H,4-5,10,12,16H2,1-3H3. The lowest BCUT2D eigenvalue weighted by molar-refractivity contribution is 0.295. The van der Waals surface area contributed by atoms with Crippen molar-refractivity contribution in [1.82, 2.24) is 4.90 Å². The summed E-state index contributed by atoms with van der Waals surface area (Å²) in [5, 5.41) is 0. The van der Waals surface area contributed by atoms with Crippen LogP contribution >= 0.6 is 0 Å². The Labute approximate surface area is 110 Å². The van der Waals surface area contributed by atoms with Crippen LogP contribution in [0.1, 0.15) is 25.0 Å². The monoisotopic (exact) mass is 246 g/mol. The molecule has 1 aromatic carbocycles. The molecule has 0 aliphatic carbocycles. The average Bonchev–Trinajstić information content (AvgIpc) is 2.42. The topological polar surface area (TPSA) is 38.5 Å². The minimum Gasteiger partial charge on any atom is -0.497 e. The first-order valence-electron chi connectivity index (χ1n) is 6.33. The summed E-state index contributed by atoms with van der Waals surface area (Å²) >= 11 is 0. The van der Waals surface area contributed by atoms with Crippen LogP contribution in [0.25, 0.3) is 0 Å². The van der Waals surface area contributed by atoms with Gasteiger partial charge in [0.15, 0.2) is 0 Å². The molecule has 18 heavy (non-hydrogen) atoms. The Morgan fingerprint density at radius 3 is 2.56 bits per heavy atom. The fourth-order valence-electron chi connectivity index (χ4n) is 1.78. The van der Waals surface area contributed by atoms with Crippen LogP contribution in [0.15, 0.2) is 18.2 Å². The molecule has 3 heteroatoms. The highest BCUT2D eigenvalue weighted by atomic mass is 16.5. The first kappa shape index (κ1) is 14.6. The van der Waals surface area contributed by atoms with Gasteiger partial charge in [-0.25, -0.2) is 0 Å². The van der Waals surface area contributed by atoms with Gasteiger partial charge in [0.05, 0.1) is 13.7 Å². The van der Waals surface area contributed by atoms with Gasteiger partial charge in [-0.15, -0.1) is 0 Å². The Kier molecular flexibility index (Phi) is 6.27. The smallest absolute Gasteiger partial charge is 0.119 e. The van der Waals surface area contributed by atoms with E-state index in [0.29, 0.717) is 6.54 Å². The molecule has 2 N–H and O–H groups in total. The first-order chi connectivity index (χ1) is 8.74. The number of ether oxygens (including phenoxy) is 1. The Bertz CT molecular complexity index is 428. The zero-order valence-electron chi connectivity index (χ0n) is 11.5. The van der Waals surface area contributed by atoms with Crippen molar-refractivity contribution in [2.75, 3.05) is 26.7 Å². The lowest BCUT2D eigenvalue weighted by Gasteiger charge is -2.19. The summed E-state index contributed by atoms with van der Waals surface area (Å²) in [6.07, 6.45) is 0. The average molecular weight is 246 g/mol. The van der Waals surface area contributed by atoms with Crippen molar-refractivity contribution < 1.29 is 4.74 Å². The van der Waals surface area contributed by atoms with E-state index in [0.717, 1.165) is 30.9 Å². The number of nitrogens with zero attached hydrogens (tertiary/aromatic N) is 1. The van der Waals surface area contributed by atoms with Gasteiger partial charge in [-0.05, 0) is 36.9 Å². The third-order valence-corrected chi connectivity index (χ3v) is 2.93. The Morgan fingerprint density at radius 1 is 1.28 bits per heavy atom. The van der Waals surface area contributed by atoms with Gasteiger partial charge in [0, 0.05) is 12.1 Å². The number of methoxy groups -OCH3 is 1. The van der Waals surface area contributed by atoms with Crippen LogP contribution in [-0.2, 0) is 6.54 Å². The van der Waals surface area contributed by atoms with E-state index in [4.69, 9.17) is 10.5 Å². The molecule has 0 aromatic heterocycles. The SMILES string of the molecule is CCN(CC)Cc1cc(OC)ccc1C#CCN. The molecule has 98 valence electrons. The van der Waals surface area contributed by atoms with Crippen molar-refractivity contribution in [3.05, 3.63) is 29.3 Å². The highest BCUT2D eigenvalue weighted by Crippen LogP contribution is 2.18. The van der Waals surface area contributed by atoms with Gasteiger partial charge in [0.2, 0.25) is 0 Å². The normalized spacial score (nSPS) is 10.1. The molecule has 1 rings (SSSR count). The summed E-state index contributed by atoms with van der Waals surface area (Å²) in [6, 6.07) is 5.99. The largest absolute Gasteiger partial charge is 0.497 e. The fraction of sp³-hybridized carbons (Fsp3) is 0.467. The molecule has 0 amide bonds. The molecule has 0 saturated heterocycles. The van der Waals surface area contributed by atoms with E-state index in [2.05, 4.69) is 36.7 Å². The molecular weight excluding hydrogens is 224 g/mol. The maximum Gasteiger partial charge on any atom is 0.119 e. The van der Waals surface area contributed by atoms with Gasteiger partial charge in [-0.1, -0.05) is 25.7 Å². The zero-order valence-corrected chi connectivity index (χ0v) is 11.5. The predicted molar refractivity (Wildman–Crippen MR) is 75.6 cm³/mol. The number of hydrogen-bond donors (Lipinski definition) is 1. The molecule has 0 unspecified atom stereocenters. The molecule has 0 radical (unpaired) electrons. The van der Waals surface area contributed by atoms with Gasteiger partial charge in [-0.2, -0.15) is 0 Å². The molecule has 0 bridgehead atoms. The van der Waals surface area contributed by atoms with E-state index < -0.39 is 0 Å². The summed E-state index contributed by atoms with van der Waals surface area (Å²) in [6.45, 7) is 7.65. The third kappa shape index (κ3) is 4.06. The van der Waals surface area contributed by atoms with Gasteiger partial charge >= 0.3 is 0 Å². The fourth-order valence-corrected chi connectivity index (χ4v) is 1.78. The maximum absolute atomic E-state index is 5.43. The minimum atomic E-state index is 0.386. The first-order valence-corrected chi connectivity index (χ1v) is 6.33. The van der Waals surface area contributed by atoms with Crippen LogP contribution in [0.3, 0.4) is 0 Å². The van der Waals surface area contributed by atoms with E-state index in [-0.39, 0.29) is 0 Å². The third-order valence-electron chi connectivity index (χ3n) is 2.93. The zero-order chi connectivity index (χ0) is 13.4. The molecule has 3 nitrogen and oxygen atoms in total. The van der Waals surface area contributed by atoms with Crippen LogP contribution in [0.5, 0.6) is 5.75 Å². The molecule has 0 atom stereocenters. The predicted octanol–water partition coefficient (Wildman–Crippen LogP) is 1.85. The highest BCUT2D eigenvalue weighted by molar-refractivity contribution is 5.45. The van der Waals surface area contributed by atoms with E-state index in [1.165, 1.54) is 5.56 Å². The van der Waals surface area contributed by atoms with E-state index in [1.807, 2.05) is 12.1 Å². The summed E-state index contributed by atoms with van der Waals surface area (Å²) in [5.41, 5.74) is 7.66. The molecular formula is C15H22N2O. The number of benzene rings is 1. The molecule has 0 aliphatic heterocycles. The van der Waals surface area contributed by atoms with Crippen molar-refractivity contribution in [2.24, 2.45) is 5.73 Å². The maximum atomic E-state index is 5.43. The molecule has 1 aromatic rings. The molecule has 0 saturated carbocycles. The number of hydrogen-bond acceptors (Lipinski definition) is 3. The van der Waals surface area contributed by atoms with Gasteiger partial charge in [-0.3, -0.25) is 4.90 Å². The van der Waals surface area contributed by atoms with Crippen molar-refractivity contribution >= 4 is 0 Å². The number of rotatable bonds is 5. The molecule has 0 aliphatic rings. The lowest BCUT2D eigenvalue weighted by atomic mass is 10.1. The van der Waals surface area contributed by atoms with Gasteiger partial charge in [0.25, 0.3) is 0 Å². The second-order valence-electron chi connectivity index (χ2n) is 3.99. The van der Waals surface area contributed by atoms with Crippen LogP contribution < -0.4 is 10.5 Å². The van der Waals surface area contributed by atoms with Crippen molar-refractivity contribution in [3.63, 3.8) is 0 Å². The van der Waals surface area contributed by atoms with Crippen molar-refractivity contribution in [3.8, 4) is 17.6 Å². The Morgan fingerprint density at radius 2 is 2.00 bits per heavy atom. The summed E-state index contributed by atoms with van der Waals surface area (Å²) in [5.74, 6) is 6.90.